The normalized spacial score (nSPS) is 23.3. The number of alkyl halides is 3. The second kappa shape index (κ2) is 7.57. The smallest absolute Gasteiger partial charge is 0.352 e. The van der Waals surface area contributed by atoms with E-state index in [2.05, 4.69) is 5.32 Å². The van der Waals surface area contributed by atoms with E-state index in [1.165, 1.54) is 0 Å². The number of aryl methyl sites for hydroxylation is 1. The Labute approximate surface area is 180 Å². The lowest BCUT2D eigenvalue weighted by Crippen LogP contribution is -2.40. The summed E-state index contributed by atoms with van der Waals surface area (Å²) in [5, 5.41) is 1.90. The van der Waals surface area contributed by atoms with E-state index in [0.29, 0.717) is 17.5 Å². The molecule has 4 rings (SSSR count). The standard InChI is InChI=1S/C22H17Cl2F4NO/c23-17-8-15(9-18(24)20(17)25)21(22(26,27)28)6-5-14(10-21)12-1-3-16-13(7-12)2-4-19(16)29-11-30/h1,3,5,7-9,11,19H,2,4,6,10H2,(H,29,30). The van der Waals surface area contributed by atoms with Crippen molar-refractivity contribution in [2.75, 3.05) is 0 Å². The van der Waals surface area contributed by atoms with Gasteiger partial charge in [-0.25, -0.2) is 4.39 Å². The summed E-state index contributed by atoms with van der Waals surface area (Å²) in [5.41, 5.74) is 0.927. The van der Waals surface area contributed by atoms with Crippen LogP contribution in [0.5, 0.6) is 0 Å². The number of hydrogen-bond donors (Lipinski definition) is 1. The van der Waals surface area contributed by atoms with E-state index in [0.717, 1.165) is 36.1 Å². The Balaban J connectivity index is 1.69. The molecule has 0 aliphatic heterocycles. The van der Waals surface area contributed by atoms with E-state index in [9.17, 15) is 22.4 Å². The second-order valence-corrected chi connectivity index (χ2v) is 8.55. The van der Waals surface area contributed by atoms with Gasteiger partial charge in [0.05, 0.1) is 21.5 Å². The van der Waals surface area contributed by atoms with Crippen molar-refractivity contribution in [3.8, 4) is 0 Å². The van der Waals surface area contributed by atoms with Crippen LogP contribution >= 0.6 is 23.2 Å². The Morgan fingerprint density at radius 3 is 2.47 bits per heavy atom. The number of nitrogens with one attached hydrogen (secondary N) is 1. The van der Waals surface area contributed by atoms with Crippen LogP contribution in [0.2, 0.25) is 10.0 Å². The fourth-order valence-corrected chi connectivity index (χ4v) is 4.98. The highest BCUT2D eigenvalue weighted by Gasteiger charge is 2.57. The van der Waals surface area contributed by atoms with Gasteiger partial charge in [0.25, 0.3) is 0 Å². The molecule has 1 N–H and O–H groups in total. The van der Waals surface area contributed by atoms with Crippen LogP contribution in [-0.2, 0) is 16.6 Å². The molecule has 0 spiro atoms. The van der Waals surface area contributed by atoms with Gasteiger partial charge >= 0.3 is 6.18 Å². The molecule has 0 fully saturated rings. The van der Waals surface area contributed by atoms with E-state index in [1.807, 2.05) is 12.1 Å². The van der Waals surface area contributed by atoms with Crippen molar-refractivity contribution in [2.24, 2.45) is 0 Å². The largest absolute Gasteiger partial charge is 0.399 e. The van der Waals surface area contributed by atoms with Crippen LogP contribution in [0.15, 0.2) is 36.4 Å². The average molecular weight is 458 g/mol. The molecule has 0 heterocycles. The molecule has 2 unspecified atom stereocenters. The summed E-state index contributed by atoms with van der Waals surface area (Å²) in [5.74, 6) is -0.928. The Hall–Kier alpha value is -2.05. The van der Waals surface area contributed by atoms with Crippen molar-refractivity contribution in [3.05, 3.63) is 74.5 Å². The van der Waals surface area contributed by atoms with Crippen molar-refractivity contribution in [3.63, 3.8) is 0 Å². The van der Waals surface area contributed by atoms with Gasteiger partial charge in [0.2, 0.25) is 6.41 Å². The first kappa shape index (κ1) is 21.2. The van der Waals surface area contributed by atoms with Gasteiger partial charge in [0.1, 0.15) is 0 Å². The van der Waals surface area contributed by atoms with Crippen LogP contribution < -0.4 is 5.32 Å². The van der Waals surface area contributed by atoms with Gasteiger partial charge in [0, 0.05) is 0 Å². The molecule has 0 saturated carbocycles. The fraction of sp³-hybridized carbons (Fsp3) is 0.318. The first-order chi connectivity index (χ1) is 14.2. The third-order valence-electron chi connectivity index (χ3n) is 6.13. The molecule has 0 radical (unpaired) electrons. The molecular weight excluding hydrogens is 441 g/mol. The van der Waals surface area contributed by atoms with Crippen LogP contribution in [0, 0.1) is 5.82 Å². The number of carbonyl (C=O) groups excluding carboxylic acids is 1. The maximum Gasteiger partial charge on any atom is 0.399 e. The zero-order valence-corrected chi connectivity index (χ0v) is 17.1. The van der Waals surface area contributed by atoms with Gasteiger partial charge < -0.3 is 5.32 Å². The summed E-state index contributed by atoms with van der Waals surface area (Å²) in [4.78, 5) is 10.7. The predicted molar refractivity (Wildman–Crippen MR) is 108 cm³/mol. The lowest BCUT2D eigenvalue weighted by molar-refractivity contribution is -0.187. The molecule has 2 atom stereocenters. The van der Waals surface area contributed by atoms with E-state index >= 15 is 0 Å². The highest BCUT2D eigenvalue weighted by Crippen LogP contribution is 2.54. The molecule has 0 bridgehead atoms. The van der Waals surface area contributed by atoms with E-state index in [1.54, 1.807) is 12.1 Å². The number of allylic oxidation sites excluding steroid dienone is 2. The molecular formula is C22H17Cl2F4NO. The van der Waals surface area contributed by atoms with Gasteiger partial charge in [-0.1, -0.05) is 47.5 Å². The van der Waals surface area contributed by atoms with Crippen LogP contribution in [0.25, 0.3) is 5.57 Å². The summed E-state index contributed by atoms with van der Waals surface area (Å²) in [7, 11) is 0. The van der Waals surface area contributed by atoms with Crippen molar-refractivity contribution >= 4 is 35.2 Å². The molecule has 8 heteroatoms. The maximum atomic E-state index is 14.3. The van der Waals surface area contributed by atoms with E-state index in [-0.39, 0.29) is 24.4 Å². The van der Waals surface area contributed by atoms with Crippen LogP contribution in [0.3, 0.4) is 0 Å². The highest BCUT2D eigenvalue weighted by atomic mass is 35.5. The first-order valence-electron chi connectivity index (χ1n) is 9.40. The van der Waals surface area contributed by atoms with Crippen molar-refractivity contribution in [1.29, 1.82) is 0 Å². The molecule has 0 aromatic heterocycles. The third kappa shape index (κ3) is 3.40. The van der Waals surface area contributed by atoms with Gasteiger partial charge in [-0.05, 0) is 65.6 Å². The van der Waals surface area contributed by atoms with Gasteiger partial charge in [-0.2, -0.15) is 13.2 Å². The van der Waals surface area contributed by atoms with Gasteiger partial charge in [-0.15, -0.1) is 0 Å². The Morgan fingerprint density at radius 2 is 1.83 bits per heavy atom. The number of hydrogen-bond acceptors (Lipinski definition) is 1. The third-order valence-corrected chi connectivity index (χ3v) is 6.68. The SMILES string of the molecule is O=CNC1CCc2cc(C3=CCC(c4cc(Cl)c(F)c(Cl)c4)(C(F)(F)F)C3)ccc21. The van der Waals surface area contributed by atoms with Crippen LogP contribution in [0.1, 0.15) is 47.6 Å². The molecule has 30 heavy (non-hydrogen) atoms. The minimum absolute atomic E-state index is 0.0677. The number of benzene rings is 2. The average Bonchev–Trinajstić information content (AvgIpc) is 3.31. The lowest BCUT2D eigenvalue weighted by Gasteiger charge is -2.33. The number of fused-ring (bicyclic) bond motifs is 1. The zero-order chi connectivity index (χ0) is 21.7. The number of amides is 1. The maximum absolute atomic E-state index is 14.3. The number of carbonyl (C=O) groups is 1. The van der Waals surface area contributed by atoms with E-state index < -0.39 is 27.5 Å². The number of halogens is 6. The molecule has 0 saturated heterocycles. The molecule has 2 nitrogen and oxygen atoms in total. The molecule has 1 amide bonds. The first-order valence-corrected chi connectivity index (χ1v) is 10.2. The van der Waals surface area contributed by atoms with Gasteiger partial charge in [0.15, 0.2) is 5.82 Å². The molecule has 2 aromatic rings. The minimum atomic E-state index is -4.58. The Morgan fingerprint density at radius 1 is 1.13 bits per heavy atom. The summed E-state index contributed by atoms with van der Waals surface area (Å²) < 4.78 is 56.6. The summed E-state index contributed by atoms with van der Waals surface area (Å²) >= 11 is 11.6. The molecule has 2 aliphatic carbocycles. The van der Waals surface area contributed by atoms with Crippen LogP contribution in [-0.4, -0.2) is 12.6 Å². The quantitative estimate of drug-likeness (QED) is 0.315. The van der Waals surface area contributed by atoms with Crippen molar-refractivity contribution < 1.29 is 22.4 Å². The van der Waals surface area contributed by atoms with Crippen molar-refractivity contribution in [2.45, 2.75) is 43.3 Å². The van der Waals surface area contributed by atoms with Crippen molar-refractivity contribution in [1.82, 2.24) is 5.32 Å². The summed E-state index contributed by atoms with van der Waals surface area (Å²) in [6.07, 6.45) is -1.41. The second-order valence-electron chi connectivity index (χ2n) is 7.73. The predicted octanol–water partition coefficient (Wildman–Crippen LogP) is 6.54. The lowest BCUT2D eigenvalue weighted by atomic mass is 9.76. The minimum Gasteiger partial charge on any atom is -0.352 e. The topological polar surface area (TPSA) is 29.1 Å². The highest BCUT2D eigenvalue weighted by molar-refractivity contribution is 6.35. The fourth-order valence-electron chi connectivity index (χ4n) is 4.49. The summed E-state index contributed by atoms with van der Waals surface area (Å²) in [6, 6.07) is 7.51. The number of rotatable bonds is 4. The molecule has 2 aromatic carbocycles. The van der Waals surface area contributed by atoms with E-state index in [4.69, 9.17) is 23.2 Å². The summed E-state index contributed by atoms with van der Waals surface area (Å²) in [6.45, 7) is 0. The molecule has 158 valence electrons. The monoisotopic (exact) mass is 457 g/mol. The van der Waals surface area contributed by atoms with Gasteiger partial charge in [-0.3, -0.25) is 4.79 Å². The molecule has 2 aliphatic rings. The van der Waals surface area contributed by atoms with Crippen LogP contribution in [0.4, 0.5) is 17.6 Å². The zero-order valence-electron chi connectivity index (χ0n) is 15.6. The Bertz CT molecular complexity index is 1030. The Kier molecular flexibility index (Phi) is 5.35.